The predicted octanol–water partition coefficient (Wildman–Crippen LogP) is 3.53. The molecule has 32 heavy (non-hydrogen) atoms. The largest absolute Gasteiger partial charge is 0.312 e. The Labute approximate surface area is 193 Å². The molecule has 2 atom stereocenters. The van der Waals surface area contributed by atoms with Crippen molar-refractivity contribution in [3.63, 3.8) is 0 Å². The molecule has 2 aromatic rings. The number of hydrogen-bond donors (Lipinski definition) is 1. The Balaban J connectivity index is 1.51. The van der Waals surface area contributed by atoms with E-state index in [0.717, 1.165) is 36.4 Å². The van der Waals surface area contributed by atoms with Crippen LogP contribution >= 0.6 is 11.3 Å². The molecule has 0 saturated carbocycles. The number of thiophene rings is 1. The Bertz CT molecular complexity index is 1160. The molecule has 2 unspecified atom stereocenters. The van der Waals surface area contributed by atoms with Crippen molar-refractivity contribution >= 4 is 32.3 Å². The summed E-state index contributed by atoms with van der Waals surface area (Å²) in [6, 6.07) is 8.30. The minimum atomic E-state index is -3.59. The molecule has 9 heteroatoms. The average Bonchev–Trinajstić information content (AvgIpc) is 3.08. The van der Waals surface area contributed by atoms with Crippen LogP contribution in [-0.2, 0) is 23.0 Å². The molecule has 0 spiro atoms. The van der Waals surface area contributed by atoms with Gasteiger partial charge in [-0.1, -0.05) is 13.8 Å². The quantitative estimate of drug-likeness (QED) is 0.735. The molecular weight excluding hydrogens is 444 g/mol. The molecule has 0 radical (unpaired) electrons. The topological polar surface area (TPSA) is 93.5 Å². The number of benzene rings is 1. The first kappa shape index (κ1) is 22.9. The zero-order valence-corrected chi connectivity index (χ0v) is 20.2. The van der Waals surface area contributed by atoms with E-state index in [-0.39, 0.29) is 10.8 Å². The minimum Gasteiger partial charge on any atom is -0.312 e. The maximum atomic E-state index is 13.1. The zero-order chi connectivity index (χ0) is 23.0. The van der Waals surface area contributed by atoms with Gasteiger partial charge in [-0.3, -0.25) is 4.79 Å². The molecule has 1 saturated heterocycles. The molecule has 2 aliphatic heterocycles. The summed E-state index contributed by atoms with van der Waals surface area (Å²) in [5.74, 6) is 0.297. The van der Waals surface area contributed by atoms with E-state index < -0.39 is 10.0 Å². The van der Waals surface area contributed by atoms with Crippen LogP contribution in [0.3, 0.4) is 0 Å². The summed E-state index contributed by atoms with van der Waals surface area (Å²) in [7, 11) is -1.56. The van der Waals surface area contributed by atoms with E-state index in [1.807, 2.05) is 7.05 Å². The summed E-state index contributed by atoms with van der Waals surface area (Å²) in [6.45, 7) is 6.83. The van der Waals surface area contributed by atoms with Crippen LogP contribution < -0.4 is 5.32 Å². The fraction of sp³-hybridized carbons (Fsp3) is 0.478. The van der Waals surface area contributed by atoms with Gasteiger partial charge in [0.15, 0.2) is 0 Å². The number of carbonyl (C=O) groups is 1. The lowest BCUT2D eigenvalue weighted by Gasteiger charge is -2.34. The number of fused-ring (bicyclic) bond motifs is 1. The second kappa shape index (κ2) is 8.94. The van der Waals surface area contributed by atoms with Crippen molar-refractivity contribution in [1.82, 2.24) is 9.21 Å². The average molecular weight is 473 g/mol. The first-order valence-corrected chi connectivity index (χ1v) is 13.1. The Morgan fingerprint density at radius 1 is 1.19 bits per heavy atom. The summed E-state index contributed by atoms with van der Waals surface area (Å²) in [5.41, 5.74) is 1.92. The van der Waals surface area contributed by atoms with Crippen LogP contribution in [0.2, 0.25) is 0 Å². The van der Waals surface area contributed by atoms with Crippen LogP contribution in [0, 0.1) is 23.2 Å². The number of anilines is 1. The summed E-state index contributed by atoms with van der Waals surface area (Å²) < 4.78 is 27.7. The van der Waals surface area contributed by atoms with Gasteiger partial charge in [-0.15, -0.1) is 11.3 Å². The number of carbonyl (C=O) groups excluding carboxylic acids is 1. The highest BCUT2D eigenvalue weighted by Crippen LogP contribution is 2.36. The highest BCUT2D eigenvalue weighted by Gasteiger charge is 2.32. The van der Waals surface area contributed by atoms with Crippen molar-refractivity contribution in [1.29, 1.82) is 5.26 Å². The third-order valence-corrected chi connectivity index (χ3v) is 9.15. The van der Waals surface area contributed by atoms with Gasteiger partial charge in [0.1, 0.15) is 11.1 Å². The van der Waals surface area contributed by atoms with E-state index in [2.05, 4.69) is 30.1 Å². The number of nitrogens with zero attached hydrogens (tertiary/aromatic N) is 3. The van der Waals surface area contributed by atoms with Crippen molar-refractivity contribution in [3.05, 3.63) is 45.8 Å². The van der Waals surface area contributed by atoms with Crippen molar-refractivity contribution in [2.45, 2.75) is 38.1 Å². The molecule has 0 bridgehead atoms. The molecule has 1 aromatic heterocycles. The summed E-state index contributed by atoms with van der Waals surface area (Å²) >= 11 is 1.44. The fourth-order valence-electron chi connectivity index (χ4n) is 4.64. The Morgan fingerprint density at radius 3 is 2.47 bits per heavy atom. The second-order valence-electron chi connectivity index (χ2n) is 9.05. The van der Waals surface area contributed by atoms with Crippen LogP contribution in [0.5, 0.6) is 0 Å². The van der Waals surface area contributed by atoms with Crippen LogP contribution in [0.1, 0.15) is 46.6 Å². The molecule has 2 aliphatic rings. The number of likely N-dealkylation sites (N-methyl/N-ethyl adjacent to an activating group) is 1. The van der Waals surface area contributed by atoms with Gasteiger partial charge < -0.3 is 10.2 Å². The number of nitrogens with one attached hydrogen (secondary N) is 1. The van der Waals surface area contributed by atoms with E-state index in [9.17, 15) is 18.5 Å². The molecule has 0 aliphatic carbocycles. The highest BCUT2D eigenvalue weighted by molar-refractivity contribution is 7.89. The lowest BCUT2D eigenvalue weighted by Crippen LogP contribution is -2.42. The molecular formula is C23H28N4O3S2. The minimum absolute atomic E-state index is 0.197. The van der Waals surface area contributed by atoms with Gasteiger partial charge in [0.05, 0.1) is 10.5 Å². The van der Waals surface area contributed by atoms with Crippen LogP contribution in [0.25, 0.3) is 0 Å². The third-order valence-electron chi connectivity index (χ3n) is 6.18. The van der Waals surface area contributed by atoms with E-state index in [4.69, 9.17) is 0 Å². The zero-order valence-electron chi connectivity index (χ0n) is 18.6. The number of amides is 1. The maximum absolute atomic E-state index is 13.1. The smallest absolute Gasteiger partial charge is 0.256 e. The molecule has 1 amide bonds. The Kier molecular flexibility index (Phi) is 6.41. The van der Waals surface area contributed by atoms with Gasteiger partial charge in [0.2, 0.25) is 10.0 Å². The van der Waals surface area contributed by atoms with Crippen molar-refractivity contribution in [2.75, 3.05) is 32.0 Å². The molecule has 4 rings (SSSR count). The maximum Gasteiger partial charge on any atom is 0.256 e. The molecule has 1 fully saturated rings. The summed E-state index contributed by atoms with van der Waals surface area (Å²) in [4.78, 5) is 16.3. The van der Waals surface area contributed by atoms with Crippen molar-refractivity contribution in [3.8, 4) is 6.07 Å². The van der Waals surface area contributed by atoms with E-state index in [1.165, 1.54) is 35.6 Å². The van der Waals surface area contributed by atoms with Crippen LogP contribution in [0.15, 0.2) is 29.2 Å². The van der Waals surface area contributed by atoms with Crippen molar-refractivity contribution < 1.29 is 13.2 Å². The summed E-state index contributed by atoms with van der Waals surface area (Å²) in [5, 5.41) is 13.0. The Hall–Kier alpha value is -2.25. The van der Waals surface area contributed by atoms with Gasteiger partial charge in [0, 0.05) is 36.6 Å². The molecule has 3 heterocycles. The van der Waals surface area contributed by atoms with E-state index in [1.54, 1.807) is 4.31 Å². The SMILES string of the molecule is CC1CC(C)CN(S(=O)(=O)c2ccc(C(=O)Nc3sc4c(c3C#N)CCN(C)C4)cc2)C1. The third kappa shape index (κ3) is 4.46. The lowest BCUT2D eigenvalue weighted by atomic mass is 9.94. The number of rotatable bonds is 4. The number of hydrogen-bond acceptors (Lipinski definition) is 6. The summed E-state index contributed by atoms with van der Waals surface area (Å²) in [6.07, 6.45) is 1.82. The van der Waals surface area contributed by atoms with Crippen LogP contribution in [0.4, 0.5) is 5.00 Å². The van der Waals surface area contributed by atoms with Crippen LogP contribution in [-0.4, -0.2) is 50.2 Å². The first-order valence-electron chi connectivity index (χ1n) is 10.8. The Morgan fingerprint density at radius 2 is 1.84 bits per heavy atom. The molecule has 1 N–H and O–H groups in total. The predicted molar refractivity (Wildman–Crippen MR) is 125 cm³/mol. The van der Waals surface area contributed by atoms with E-state index >= 15 is 0 Å². The number of sulfonamides is 1. The standard InChI is InChI=1S/C23H28N4O3S2/c1-15-10-16(2)13-27(12-15)32(29,30)18-6-4-17(5-7-18)22(28)25-23-20(11-24)19-8-9-26(3)14-21(19)31-23/h4-7,15-16H,8-10,12-14H2,1-3H3,(H,25,28). The van der Waals surface area contributed by atoms with Gasteiger partial charge in [0.25, 0.3) is 5.91 Å². The number of piperidine rings is 1. The van der Waals surface area contributed by atoms with Gasteiger partial charge >= 0.3 is 0 Å². The second-order valence-corrected chi connectivity index (χ2v) is 12.1. The molecule has 170 valence electrons. The van der Waals surface area contributed by atoms with Gasteiger partial charge in [-0.25, -0.2) is 8.42 Å². The van der Waals surface area contributed by atoms with Gasteiger partial charge in [-0.05, 0) is 61.6 Å². The molecule has 1 aromatic carbocycles. The van der Waals surface area contributed by atoms with Crippen molar-refractivity contribution in [2.24, 2.45) is 11.8 Å². The normalized spacial score (nSPS) is 22.2. The monoisotopic (exact) mass is 472 g/mol. The lowest BCUT2D eigenvalue weighted by molar-refractivity contribution is 0.102. The first-order chi connectivity index (χ1) is 15.2. The highest BCUT2D eigenvalue weighted by atomic mass is 32.2. The van der Waals surface area contributed by atoms with Gasteiger partial charge in [-0.2, -0.15) is 9.57 Å². The van der Waals surface area contributed by atoms with E-state index in [0.29, 0.717) is 41.1 Å². The number of nitriles is 1. The fourth-order valence-corrected chi connectivity index (χ4v) is 7.60. The molecule has 7 nitrogen and oxygen atoms in total.